The lowest BCUT2D eigenvalue weighted by atomic mass is 9.90. The predicted molar refractivity (Wildman–Crippen MR) is 86.3 cm³/mol. The van der Waals surface area contributed by atoms with E-state index in [9.17, 15) is 0 Å². The maximum atomic E-state index is 5.78. The Morgan fingerprint density at radius 3 is 3.05 bits per heavy atom. The summed E-state index contributed by atoms with van der Waals surface area (Å²) in [6, 6.07) is 11.1. The lowest BCUT2D eigenvalue weighted by Gasteiger charge is -2.24. The summed E-state index contributed by atoms with van der Waals surface area (Å²) >= 11 is 0. The summed E-state index contributed by atoms with van der Waals surface area (Å²) in [4.78, 5) is 4.49. The third kappa shape index (κ3) is 3.25. The van der Waals surface area contributed by atoms with Crippen LogP contribution in [0.4, 0.5) is 0 Å². The molecule has 2 aromatic rings. The van der Waals surface area contributed by atoms with Gasteiger partial charge in [0.05, 0.1) is 18.2 Å². The second kappa shape index (κ2) is 6.54. The maximum absolute atomic E-state index is 5.78. The third-order valence-electron chi connectivity index (χ3n) is 4.30. The fraction of sp³-hybridized carbons (Fsp3) is 0.500. The topological polar surface area (TPSA) is 34.2 Å². The summed E-state index contributed by atoms with van der Waals surface area (Å²) < 4.78 is 5.78. The SMILES string of the molecule is CCCNC(c1ccc2cccnc2c1)C1COC(C)C1. The number of nitrogens with one attached hydrogen (secondary N) is 1. The molecule has 2 heterocycles. The van der Waals surface area contributed by atoms with E-state index in [1.807, 2.05) is 12.3 Å². The van der Waals surface area contributed by atoms with Gasteiger partial charge >= 0.3 is 0 Å². The van der Waals surface area contributed by atoms with Gasteiger partial charge < -0.3 is 10.1 Å². The lowest BCUT2D eigenvalue weighted by Crippen LogP contribution is -2.29. The highest BCUT2D eigenvalue weighted by Gasteiger charge is 2.30. The van der Waals surface area contributed by atoms with Crippen LogP contribution in [0, 0.1) is 5.92 Å². The van der Waals surface area contributed by atoms with Crippen LogP contribution < -0.4 is 5.32 Å². The number of aromatic nitrogens is 1. The summed E-state index contributed by atoms with van der Waals surface area (Å²) in [5.41, 5.74) is 2.41. The number of hydrogen-bond acceptors (Lipinski definition) is 3. The van der Waals surface area contributed by atoms with Crippen molar-refractivity contribution in [2.45, 2.75) is 38.8 Å². The van der Waals surface area contributed by atoms with Crippen LogP contribution in [0.1, 0.15) is 38.3 Å². The van der Waals surface area contributed by atoms with Gasteiger partial charge in [-0.2, -0.15) is 0 Å². The van der Waals surface area contributed by atoms with Crippen molar-refractivity contribution in [3.8, 4) is 0 Å². The van der Waals surface area contributed by atoms with Crippen LogP contribution in [0.3, 0.4) is 0 Å². The Kier molecular flexibility index (Phi) is 4.51. The van der Waals surface area contributed by atoms with Gasteiger partial charge in [-0.1, -0.05) is 25.1 Å². The zero-order valence-corrected chi connectivity index (χ0v) is 12.9. The van der Waals surface area contributed by atoms with Crippen LogP contribution in [0.5, 0.6) is 0 Å². The molecule has 112 valence electrons. The predicted octanol–water partition coefficient (Wildman–Crippen LogP) is 3.70. The normalized spacial score (nSPS) is 23.5. The van der Waals surface area contributed by atoms with Crippen LogP contribution in [0.2, 0.25) is 0 Å². The molecule has 1 fully saturated rings. The second-order valence-electron chi connectivity index (χ2n) is 6.03. The minimum absolute atomic E-state index is 0.362. The van der Waals surface area contributed by atoms with Gasteiger partial charge in [-0.3, -0.25) is 4.98 Å². The van der Waals surface area contributed by atoms with Gasteiger partial charge in [0.25, 0.3) is 0 Å². The number of ether oxygens (including phenoxy) is 1. The molecule has 1 N–H and O–H groups in total. The zero-order valence-electron chi connectivity index (χ0n) is 12.9. The van der Waals surface area contributed by atoms with Crippen LogP contribution in [0.25, 0.3) is 10.9 Å². The van der Waals surface area contributed by atoms with Gasteiger partial charge in [0.2, 0.25) is 0 Å². The molecule has 3 nitrogen and oxygen atoms in total. The Labute approximate surface area is 126 Å². The molecular weight excluding hydrogens is 260 g/mol. The van der Waals surface area contributed by atoms with Crippen molar-refractivity contribution in [1.29, 1.82) is 0 Å². The molecule has 0 bridgehead atoms. The van der Waals surface area contributed by atoms with Crippen molar-refractivity contribution in [1.82, 2.24) is 10.3 Å². The quantitative estimate of drug-likeness (QED) is 0.909. The van der Waals surface area contributed by atoms with Crippen LogP contribution in [-0.2, 0) is 4.74 Å². The molecule has 1 aliphatic rings. The van der Waals surface area contributed by atoms with Crippen molar-refractivity contribution < 1.29 is 4.74 Å². The Morgan fingerprint density at radius 2 is 2.29 bits per heavy atom. The summed E-state index contributed by atoms with van der Waals surface area (Å²) in [5, 5.41) is 4.91. The fourth-order valence-electron chi connectivity index (χ4n) is 3.22. The first-order valence-corrected chi connectivity index (χ1v) is 7.97. The molecule has 1 saturated heterocycles. The van der Waals surface area contributed by atoms with Crippen molar-refractivity contribution in [3.63, 3.8) is 0 Å². The Hall–Kier alpha value is -1.45. The highest BCUT2D eigenvalue weighted by atomic mass is 16.5. The van der Waals surface area contributed by atoms with E-state index in [0.29, 0.717) is 18.1 Å². The van der Waals surface area contributed by atoms with E-state index in [4.69, 9.17) is 4.74 Å². The van der Waals surface area contributed by atoms with E-state index in [-0.39, 0.29) is 0 Å². The number of nitrogens with zero attached hydrogens (tertiary/aromatic N) is 1. The monoisotopic (exact) mass is 284 g/mol. The Bertz CT molecular complexity index is 599. The van der Waals surface area contributed by atoms with Gasteiger partial charge in [-0.25, -0.2) is 0 Å². The summed E-state index contributed by atoms with van der Waals surface area (Å²) in [7, 11) is 0. The number of hydrogen-bond donors (Lipinski definition) is 1. The standard InChI is InChI=1S/C18H24N2O/c1-3-8-20-18(16-10-13(2)21-12-16)15-7-6-14-5-4-9-19-17(14)11-15/h4-7,9,11,13,16,18,20H,3,8,10,12H2,1-2H3. The van der Waals surface area contributed by atoms with Crippen LogP contribution >= 0.6 is 0 Å². The molecule has 1 aromatic carbocycles. The molecule has 0 spiro atoms. The molecule has 0 aliphatic carbocycles. The molecule has 0 amide bonds. The summed E-state index contributed by atoms with van der Waals surface area (Å²) in [5.74, 6) is 0.549. The minimum atomic E-state index is 0.362. The molecule has 1 aliphatic heterocycles. The molecule has 0 saturated carbocycles. The molecule has 3 unspecified atom stereocenters. The molecule has 3 heteroatoms. The number of rotatable bonds is 5. The number of pyridine rings is 1. The van der Waals surface area contributed by atoms with E-state index in [1.165, 1.54) is 10.9 Å². The zero-order chi connectivity index (χ0) is 14.7. The summed E-state index contributed by atoms with van der Waals surface area (Å²) in [6.45, 7) is 6.26. The van der Waals surface area contributed by atoms with E-state index < -0.39 is 0 Å². The molecule has 1 aromatic heterocycles. The van der Waals surface area contributed by atoms with Crippen molar-refractivity contribution in [3.05, 3.63) is 42.1 Å². The average Bonchev–Trinajstić information content (AvgIpc) is 2.94. The van der Waals surface area contributed by atoms with E-state index >= 15 is 0 Å². The maximum Gasteiger partial charge on any atom is 0.0705 e. The van der Waals surface area contributed by atoms with Crippen LogP contribution in [0.15, 0.2) is 36.5 Å². The number of benzene rings is 1. The second-order valence-corrected chi connectivity index (χ2v) is 6.03. The van der Waals surface area contributed by atoms with Gasteiger partial charge in [0, 0.05) is 23.5 Å². The smallest absolute Gasteiger partial charge is 0.0705 e. The molecule has 3 atom stereocenters. The van der Waals surface area contributed by atoms with Crippen molar-refractivity contribution >= 4 is 10.9 Å². The van der Waals surface area contributed by atoms with Crippen molar-refractivity contribution in [2.75, 3.05) is 13.2 Å². The minimum Gasteiger partial charge on any atom is -0.378 e. The summed E-state index contributed by atoms with van der Waals surface area (Å²) in [6.07, 6.45) is 4.51. The average molecular weight is 284 g/mol. The van der Waals surface area contributed by atoms with E-state index in [1.54, 1.807) is 0 Å². The molecular formula is C18H24N2O. The first-order chi connectivity index (χ1) is 10.3. The van der Waals surface area contributed by atoms with Gasteiger partial charge in [-0.15, -0.1) is 0 Å². The van der Waals surface area contributed by atoms with Crippen molar-refractivity contribution in [2.24, 2.45) is 5.92 Å². The largest absolute Gasteiger partial charge is 0.378 e. The van der Waals surface area contributed by atoms with Gasteiger partial charge in [0.1, 0.15) is 0 Å². The highest BCUT2D eigenvalue weighted by Crippen LogP contribution is 2.32. The van der Waals surface area contributed by atoms with Crippen LogP contribution in [-0.4, -0.2) is 24.2 Å². The van der Waals surface area contributed by atoms with E-state index in [0.717, 1.165) is 31.5 Å². The Balaban J connectivity index is 1.89. The fourth-order valence-corrected chi connectivity index (χ4v) is 3.22. The van der Waals surface area contributed by atoms with Gasteiger partial charge in [-0.05, 0) is 44.0 Å². The van der Waals surface area contributed by atoms with E-state index in [2.05, 4.69) is 48.4 Å². The molecule has 3 rings (SSSR count). The number of fused-ring (bicyclic) bond motifs is 1. The third-order valence-corrected chi connectivity index (χ3v) is 4.30. The first-order valence-electron chi connectivity index (χ1n) is 7.97. The van der Waals surface area contributed by atoms with Gasteiger partial charge in [0.15, 0.2) is 0 Å². The lowest BCUT2D eigenvalue weighted by molar-refractivity contribution is 0.117. The molecule has 21 heavy (non-hydrogen) atoms. The Morgan fingerprint density at radius 1 is 1.38 bits per heavy atom. The molecule has 0 radical (unpaired) electrons. The highest BCUT2D eigenvalue weighted by molar-refractivity contribution is 5.79. The first kappa shape index (κ1) is 14.5.